The SMILES string of the molecule is c1cc2c(s1)CCN(CC1CCNC1)C2. The van der Waals surface area contributed by atoms with Crippen LogP contribution in [-0.2, 0) is 13.0 Å². The highest BCUT2D eigenvalue weighted by Gasteiger charge is 2.22. The first-order chi connectivity index (χ1) is 7.42. The van der Waals surface area contributed by atoms with E-state index in [1.54, 1.807) is 10.4 Å². The van der Waals surface area contributed by atoms with Crippen LogP contribution in [0.1, 0.15) is 16.9 Å². The lowest BCUT2D eigenvalue weighted by atomic mass is 10.1. The average Bonchev–Trinajstić information content (AvgIpc) is 2.87. The van der Waals surface area contributed by atoms with Gasteiger partial charge in [-0.15, -0.1) is 11.3 Å². The number of nitrogens with one attached hydrogen (secondary N) is 1. The van der Waals surface area contributed by atoms with E-state index in [-0.39, 0.29) is 0 Å². The molecule has 3 rings (SSSR count). The van der Waals surface area contributed by atoms with Gasteiger partial charge in [-0.3, -0.25) is 4.90 Å². The molecule has 2 aliphatic heterocycles. The molecule has 0 spiro atoms. The lowest BCUT2D eigenvalue weighted by molar-refractivity contribution is 0.221. The van der Waals surface area contributed by atoms with Crippen LogP contribution in [0.25, 0.3) is 0 Å². The summed E-state index contributed by atoms with van der Waals surface area (Å²) in [6.45, 7) is 6.21. The third-order valence-electron chi connectivity index (χ3n) is 3.57. The van der Waals surface area contributed by atoms with Crippen molar-refractivity contribution in [2.75, 3.05) is 26.2 Å². The summed E-state index contributed by atoms with van der Waals surface area (Å²) >= 11 is 1.93. The van der Waals surface area contributed by atoms with Gasteiger partial charge in [-0.2, -0.15) is 0 Å². The van der Waals surface area contributed by atoms with Crippen molar-refractivity contribution in [2.45, 2.75) is 19.4 Å². The van der Waals surface area contributed by atoms with Gasteiger partial charge in [-0.05, 0) is 48.9 Å². The predicted octanol–water partition coefficient (Wildman–Crippen LogP) is 1.72. The zero-order valence-corrected chi connectivity index (χ0v) is 9.85. The number of hydrogen-bond acceptors (Lipinski definition) is 3. The molecular formula is C12H18N2S. The van der Waals surface area contributed by atoms with Crippen molar-refractivity contribution in [3.8, 4) is 0 Å². The van der Waals surface area contributed by atoms with Crippen molar-refractivity contribution in [3.63, 3.8) is 0 Å². The smallest absolute Gasteiger partial charge is 0.0245 e. The van der Waals surface area contributed by atoms with Crippen molar-refractivity contribution >= 4 is 11.3 Å². The van der Waals surface area contributed by atoms with Gasteiger partial charge >= 0.3 is 0 Å². The Morgan fingerprint density at radius 3 is 3.40 bits per heavy atom. The fourth-order valence-electron chi connectivity index (χ4n) is 2.70. The van der Waals surface area contributed by atoms with Gasteiger partial charge in [0.2, 0.25) is 0 Å². The summed E-state index contributed by atoms with van der Waals surface area (Å²) in [5.74, 6) is 0.894. The van der Waals surface area contributed by atoms with Crippen LogP contribution in [0.3, 0.4) is 0 Å². The predicted molar refractivity (Wildman–Crippen MR) is 64.3 cm³/mol. The van der Waals surface area contributed by atoms with E-state index in [9.17, 15) is 0 Å². The van der Waals surface area contributed by atoms with Gasteiger partial charge in [-0.25, -0.2) is 0 Å². The van der Waals surface area contributed by atoms with E-state index in [0.717, 1.165) is 5.92 Å². The van der Waals surface area contributed by atoms with E-state index in [4.69, 9.17) is 0 Å². The topological polar surface area (TPSA) is 15.3 Å². The summed E-state index contributed by atoms with van der Waals surface area (Å²) in [5, 5.41) is 5.69. The van der Waals surface area contributed by atoms with Crippen LogP contribution >= 0.6 is 11.3 Å². The molecular weight excluding hydrogens is 204 g/mol. The standard InChI is InChI=1S/C12H18N2S/c1-4-13-7-10(1)8-14-5-2-12-11(9-14)3-6-15-12/h3,6,10,13H,1-2,4-5,7-9H2. The molecule has 82 valence electrons. The normalized spacial score (nSPS) is 26.8. The summed E-state index contributed by atoms with van der Waals surface area (Å²) in [6.07, 6.45) is 2.64. The van der Waals surface area contributed by atoms with Crippen molar-refractivity contribution in [3.05, 3.63) is 21.9 Å². The maximum atomic E-state index is 3.45. The maximum absolute atomic E-state index is 3.45. The summed E-state index contributed by atoms with van der Waals surface area (Å²) in [7, 11) is 0. The molecule has 1 N–H and O–H groups in total. The largest absolute Gasteiger partial charge is 0.316 e. The van der Waals surface area contributed by atoms with Crippen LogP contribution in [0.5, 0.6) is 0 Å². The average molecular weight is 222 g/mol. The molecule has 15 heavy (non-hydrogen) atoms. The number of thiophene rings is 1. The van der Waals surface area contributed by atoms with Crippen LogP contribution in [-0.4, -0.2) is 31.1 Å². The molecule has 0 saturated carbocycles. The Morgan fingerprint density at radius 2 is 2.53 bits per heavy atom. The molecule has 1 unspecified atom stereocenters. The summed E-state index contributed by atoms with van der Waals surface area (Å²) in [5.41, 5.74) is 1.58. The van der Waals surface area contributed by atoms with Crippen molar-refractivity contribution in [2.24, 2.45) is 5.92 Å². The van der Waals surface area contributed by atoms with Gasteiger partial charge in [0.1, 0.15) is 0 Å². The first-order valence-electron chi connectivity index (χ1n) is 5.90. The molecule has 3 heterocycles. The van der Waals surface area contributed by atoms with Crippen molar-refractivity contribution in [1.82, 2.24) is 10.2 Å². The Labute approximate surface area is 95.3 Å². The zero-order valence-electron chi connectivity index (χ0n) is 9.04. The summed E-state index contributed by atoms with van der Waals surface area (Å²) in [6, 6.07) is 2.30. The molecule has 0 aromatic carbocycles. The van der Waals surface area contributed by atoms with E-state index in [2.05, 4.69) is 21.7 Å². The Hall–Kier alpha value is -0.380. The minimum Gasteiger partial charge on any atom is -0.316 e. The molecule has 0 radical (unpaired) electrons. The second kappa shape index (κ2) is 4.24. The molecule has 0 bridgehead atoms. The Bertz CT molecular complexity index is 328. The monoisotopic (exact) mass is 222 g/mol. The lowest BCUT2D eigenvalue weighted by Crippen LogP contribution is -2.34. The molecule has 1 atom stereocenters. The second-order valence-corrected chi connectivity index (χ2v) is 5.71. The fraction of sp³-hybridized carbons (Fsp3) is 0.667. The van der Waals surface area contributed by atoms with Crippen LogP contribution in [0, 0.1) is 5.92 Å². The molecule has 1 aromatic rings. The minimum absolute atomic E-state index is 0.894. The third-order valence-corrected chi connectivity index (χ3v) is 4.59. The van der Waals surface area contributed by atoms with E-state index in [1.165, 1.54) is 45.6 Å². The summed E-state index contributed by atoms with van der Waals surface area (Å²) < 4.78 is 0. The van der Waals surface area contributed by atoms with Gasteiger partial charge in [0.15, 0.2) is 0 Å². The van der Waals surface area contributed by atoms with E-state index >= 15 is 0 Å². The van der Waals surface area contributed by atoms with Gasteiger partial charge in [0, 0.05) is 24.5 Å². The fourth-order valence-corrected chi connectivity index (χ4v) is 3.59. The van der Waals surface area contributed by atoms with E-state index in [1.807, 2.05) is 11.3 Å². The van der Waals surface area contributed by atoms with Crippen LogP contribution in [0.2, 0.25) is 0 Å². The highest BCUT2D eigenvalue weighted by Crippen LogP contribution is 2.25. The summed E-state index contributed by atoms with van der Waals surface area (Å²) in [4.78, 5) is 4.25. The van der Waals surface area contributed by atoms with E-state index < -0.39 is 0 Å². The molecule has 1 fully saturated rings. The number of nitrogens with zero attached hydrogens (tertiary/aromatic N) is 1. The van der Waals surface area contributed by atoms with Gasteiger partial charge in [0.05, 0.1) is 0 Å². The Kier molecular flexibility index (Phi) is 2.77. The quantitative estimate of drug-likeness (QED) is 0.819. The number of fused-ring (bicyclic) bond motifs is 1. The molecule has 3 heteroatoms. The van der Waals surface area contributed by atoms with Crippen LogP contribution in [0.15, 0.2) is 11.4 Å². The number of rotatable bonds is 2. The van der Waals surface area contributed by atoms with Crippen LogP contribution < -0.4 is 5.32 Å². The molecule has 2 nitrogen and oxygen atoms in total. The Morgan fingerprint density at radius 1 is 1.53 bits per heavy atom. The molecule has 0 aliphatic carbocycles. The minimum atomic E-state index is 0.894. The second-order valence-electron chi connectivity index (χ2n) is 4.71. The van der Waals surface area contributed by atoms with Gasteiger partial charge in [-0.1, -0.05) is 0 Å². The van der Waals surface area contributed by atoms with E-state index in [0.29, 0.717) is 0 Å². The van der Waals surface area contributed by atoms with Crippen LogP contribution in [0.4, 0.5) is 0 Å². The highest BCUT2D eigenvalue weighted by atomic mass is 32.1. The lowest BCUT2D eigenvalue weighted by Gasteiger charge is -2.28. The third kappa shape index (κ3) is 2.10. The first-order valence-corrected chi connectivity index (χ1v) is 6.78. The highest BCUT2D eigenvalue weighted by molar-refractivity contribution is 7.10. The first kappa shape index (κ1) is 9.82. The molecule has 1 saturated heterocycles. The number of hydrogen-bond donors (Lipinski definition) is 1. The Balaban J connectivity index is 1.61. The molecule has 1 aromatic heterocycles. The van der Waals surface area contributed by atoms with Gasteiger partial charge < -0.3 is 5.32 Å². The van der Waals surface area contributed by atoms with Crippen molar-refractivity contribution in [1.29, 1.82) is 0 Å². The maximum Gasteiger partial charge on any atom is 0.0245 e. The zero-order chi connectivity index (χ0) is 10.1. The molecule has 2 aliphatic rings. The van der Waals surface area contributed by atoms with Gasteiger partial charge in [0.25, 0.3) is 0 Å². The molecule has 0 amide bonds. The van der Waals surface area contributed by atoms with Crippen molar-refractivity contribution < 1.29 is 0 Å².